The molecule has 0 bridgehead atoms. The minimum atomic E-state index is 0.510. The molecule has 3 heteroatoms. The molecule has 19 heavy (non-hydrogen) atoms. The van der Waals surface area contributed by atoms with Crippen molar-refractivity contribution in [2.24, 2.45) is 0 Å². The number of rotatable bonds is 2. The Morgan fingerprint density at radius 1 is 1.00 bits per heavy atom. The van der Waals surface area contributed by atoms with E-state index in [9.17, 15) is 0 Å². The average Bonchev–Trinajstić information content (AvgIpc) is 2.48. The van der Waals surface area contributed by atoms with Gasteiger partial charge in [-0.1, -0.05) is 30.3 Å². The van der Waals surface area contributed by atoms with Crippen molar-refractivity contribution in [1.82, 2.24) is 4.98 Å². The highest BCUT2D eigenvalue weighted by Gasteiger charge is 2.04. The molecular weight excluding hydrogens is 236 g/mol. The standard InChI is InChI=1S/C16H10N2O/c17-10-13-6-2-4-8-16(13)19-14-9-12-5-1-3-7-15(12)18-11-14/h1-9,11H. The number of nitrogens with zero attached hydrogens (tertiary/aromatic N) is 2. The number of pyridine rings is 1. The second-order valence-electron chi connectivity index (χ2n) is 4.07. The highest BCUT2D eigenvalue weighted by molar-refractivity contribution is 5.79. The van der Waals surface area contributed by atoms with Gasteiger partial charge >= 0.3 is 0 Å². The van der Waals surface area contributed by atoms with E-state index in [2.05, 4.69) is 11.1 Å². The van der Waals surface area contributed by atoms with Crippen LogP contribution in [0.15, 0.2) is 60.8 Å². The number of benzene rings is 2. The molecule has 0 saturated heterocycles. The summed E-state index contributed by atoms with van der Waals surface area (Å²) in [6.07, 6.45) is 1.66. The van der Waals surface area contributed by atoms with Gasteiger partial charge in [0, 0.05) is 5.39 Å². The van der Waals surface area contributed by atoms with Gasteiger partial charge in [0.15, 0.2) is 0 Å². The molecule has 0 spiro atoms. The Bertz CT molecular complexity index is 775. The lowest BCUT2D eigenvalue weighted by Crippen LogP contribution is -1.89. The van der Waals surface area contributed by atoms with Crippen LogP contribution in [0.4, 0.5) is 0 Å². The quantitative estimate of drug-likeness (QED) is 0.688. The van der Waals surface area contributed by atoms with Gasteiger partial charge in [-0.3, -0.25) is 4.98 Å². The number of hydrogen-bond acceptors (Lipinski definition) is 3. The summed E-state index contributed by atoms with van der Waals surface area (Å²) in [4.78, 5) is 4.32. The highest BCUT2D eigenvalue weighted by Crippen LogP contribution is 2.26. The van der Waals surface area contributed by atoms with Crippen molar-refractivity contribution in [3.05, 3.63) is 66.4 Å². The predicted octanol–water partition coefficient (Wildman–Crippen LogP) is 3.90. The molecule has 0 unspecified atom stereocenters. The van der Waals surface area contributed by atoms with Crippen LogP contribution in [0.3, 0.4) is 0 Å². The molecule has 0 saturated carbocycles. The van der Waals surface area contributed by atoms with Crippen molar-refractivity contribution < 1.29 is 4.74 Å². The minimum Gasteiger partial charge on any atom is -0.454 e. The molecule has 1 heterocycles. The SMILES string of the molecule is N#Cc1ccccc1Oc1cnc2ccccc2c1. The summed E-state index contributed by atoms with van der Waals surface area (Å²) in [5.41, 5.74) is 1.43. The van der Waals surface area contributed by atoms with E-state index < -0.39 is 0 Å². The van der Waals surface area contributed by atoms with Crippen LogP contribution in [0, 0.1) is 11.3 Å². The van der Waals surface area contributed by atoms with Gasteiger partial charge in [-0.25, -0.2) is 0 Å². The number of nitriles is 1. The highest BCUT2D eigenvalue weighted by atomic mass is 16.5. The zero-order chi connectivity index (χ0) is 13.1. The fourth-order valence-corrected chi connectivity index (χ4v) is 1.88. The van der Waals surface area contributed by atoms with Crippen LogP contribution in [0.1, 0.15) is 5.56 Å². The summed E-state index contributed by atoms with van der Waals surface area (Å²) in [5.74, 6) is 1.17. The van der Waals surface area contributed by atoms with E-state index >= 15 is 0 Å². The Morgan fingerprint density at radius 3 is 2.68 bits per heavy atom. The molecule has 2 aromatic carbocycles. The van der Waals surface area contributed by atoms with Crippen LogP contribution in [0.25, 0.3) is 10.9 Å². The van der Waals surface area contributed by atoms with Gasteiger partial charge < -0.3 is 4.74 Å². The van der Waals surface area contributed by atoms with Crippen LogP contribution in [-0.4, -0.2) is 4.98 Å². The lowest BCUT2D eigenvalue weighted by molar-refractivity contribution is 0.480. The number of ether oxygens (including phenoxy) is 1. The third kappa shape index (κ3) is 2.24. The van der Waals surface area contributed by atoms with Gasteiger partial charge in [0.05, 0.1) is 17.3 Å². The van der Waals surface area contributed by atoms with E-state index in [1.165, 1.54) is 0 Å². The summed E-state index contributed by atoms with van der Waals surface area (Å²) in [7, 11) is 0. The van der Waals surface area contributed by atoms with E-state index in [4.69, 9.17) is 10.00 Å². The van der Waals surface area contributed by atoms with Crippen LogP contribution in [-0.2, 0) is 0 Å². The summed E-state index contributed by atoms with van der Waals surface area (Å²) in [6, 6.07) is 19.0. The van der Waals surface area contributed by atoms with Gasteiger partial charge in [-0.15, -0.1) is 0 Å². The Morgan fingerprint density at radius 2 is 1.79 bits per heavy atom. The number of fused-ring (bicyclic) bond motifs is 1. The molecule has 3 aromatic rings. The van der Waals surface area contributed by atoms with Gasteiger partial charge in [0.25, 0.3) is 0 Å². The number of hydrogen-bond donors (Lipinski definition) is 0. The number of aromatic nitrogens is 1. The maximum atomic E-state index is 9.02. The molecule has 0 fully saturated rings. The summed E-state index contributed by atoms with van der Waals surface area (Å²) in [6.45, 7) is 0. The topological polar surface area (TPSA) is 45.9 Å². The Balaban J connectivity index is 1.99. The lowest BCUT2D eigenvalue weighted by atomic mass is 10.2. The largest absolute Gasteiger partial charge is 0.454 e. The van der Waals surface area contributed by atoms with Crippen molar-refractivity contribution in [2.75, 3.05) is 0 Å². The van der Waals surface area contributed by atoms with Crippen molar-refractivity contribution >= 4 is 10.9 Å². The van der Waals surface area contributed by atoms with E-state index in [1.807, 2.05) is 42.5 Å². The molecule has 0 amide bonds. The normalized spacial score (nSPS) is 10.1. The van der Waals surface area contributed by atoms with Crippen molar-refractivity contribution in [1.29, 1.82) is 5.26 Å². The maximum Gasteiger partial charge on any atom is 0.146 e. The zero-order valence-electron chi connectivity index (χ0n) is 10.1. The van der Waals surface area contributed by atoms with E-state index in [0.717, 1.165) is 10.9 Å². The smallest absolute Gasteiger partial charge is 0.146 e. The van der Waals surface area contributed by atoms with Gasteiger partial charge in [-0.2, -0.15) is 5.26 Å². The van der Waals surface area contributed by atoms with Crippen LogP contribution in [0.2, 0.25) is 0 Å². The Hall–Kier alpha value is -2.86. The molecule has 0 aliphatic heterocycles. The molecular formula is C16H10N2O. The van der Waals surface area contributed by atoms with Crippen molar-refractivity contribution in [3.63, 3.8) is 0 Å². The molecule has 3 rings (SSSR count). The average molecular weight is 246 g/mol. The Kier molecular flexibility index (Phi) is 2.83. The first kappa shape index (κ1) is 11.2. The monoisotopic (exact) mass is 246 g/mol. The van der Waals surface area contributed by atoms with Crippen molar-refractivity contribution in [3.8, 4) is 17.6 Å². The molecule has 90 valence electrons. The minimum absolute atomic E-state index is 0.510. The molecule has 0 radical (unpaired) electrons. The van der Waals surface area contributed by atoms with Crippen molar-refractivity contribution in [2.45, 2.75) is 0 Å². The summed E-state index contributed by atoms with van der Waals surface area (Å²) < 4.78 is 5.72. The first-order valence-electron chi connectivity index (χ1n) is 5.88. The predicted molar refractivity (Wildman–Crippen MR) is 73.0 cm³/mol. The first-order valence-corrected chi connectivity index (χ1v) is 5.88. The van der Waals surface area contributed by atoms with E-state index in [1.54, 1.807) is 18.3 Å². The second-order valence-corrected chi connectivity index (χ2v) is 4.07. The van der Waals surface area contributed by atoms with Crippen LogP contribution in [0.5, 0.6) is 11.5 Å². The molecule has 0 N–H and O–H groups in total. The molecule has 3 nitrogen and oxygen atoms in total. The lowest BCUT2D eigenvalue weighted by Gasteiger charge is -2.07. The van der Waals surface area contributed by atoms with E-state index in [0.29, 0.717) is 17.1 Å². The Labute approximate surface area is 110 Å². The maximum absolute atomic E-state index is 9.02. The fraction of sp³-hybridized carbons (Fsp3) is 0. The van der Waals surface area contributed by atoms with Crippen LogP contribution < -0.4 is 4.74 Å². The number of para-hydroxylation sites is 2. The molecule has 0 aliphatic rings. The molecule has 1 aromatic heterocycles. The van der Waals surface area contributed by atoms with Gasteiger partial charge in [-0.05, 0) is 24.3 Å². The third-order valence-electron chi connectivity index (χ3n) is 2.80. The summed E-state index contributed by atoms with van der Waals surface area (Å²) >= 11 is 0. The zero-order valence-corrected chi connectivity index (χ0v) is 10.1. The second kappa shape index (κ2) is 4.79. The molecule has 0 atom stereocenters. The van der Waals surface area contributed by atoms with E-state index in [-0.39, 0.29) is 0 Å². The van der Waals surface area contributed by atoms with Gasteiger partial charge in [0.1, 0.15) is 17.6 Å². The van der Waals surface area contributed by atoms with Gasteiger partial charge in [0.2, 0.25) is 0 Å². The summed E-state index contributed by atoms with van der Waals surface area (Å²) in [5, 5.41) is 10.0. The van der Waals surface area contributed by atoms with Crippen LogP contribution >= 0.6 is 0 Å². The molecule has 0 aliphatic carbocycles. The third-order valence-corrected chi connectivity index (χ3v) is 2.80. The first-order chi connectivity index (χ1) is 9.36. The fourth-order valence-electron chi connectivity index (χ4n) is 1.88.